The van der Waals surface area contributed by atoms with Crippen molar-refractivity contribution >= 4 is 6.09 Å². The molecule has 24 heavy (non-hydrogen) atoms. The molecule has 1 amide bonds. The number of benzene rings is 1. The highest BCUT2D eigenvalue weighted by atomic mass is 16.6. The number of nitrogens with one attached hydrogen (secondary N) is 1. The molecule has 0 bridgehead atoms. The third-order valence-electron chi connectivity index (χ3n) is 4.67. The molecule has 3 rings (SSSR count). The second-order valence-corrected chi connectivity index (χ2v) is 7.82. The Morgan fingerprint density at radius 2 is 1.83 bits per heavy atom. The highest BCUT2D eigenvalue weighted by molar-refractivity contribution is 5.68. The van der Waals surface area contributed by atoms with Crippen LogP contribution < -0.4 is 5.32 Å². The molecule has 5 heteroatoms. The zero-order chi connectivity index (χ0) is 17.2. The van der Waals surface area contributed by atoms with Crippen molar-refractivity contribution in [2.75, 3.05) is 32.7 Å². The number of hydrogen-bond acceptors (Lipinski definition) is 4. The van der Waals surface area contributed by atoms with E-state index in [1.54, 1.807) is 0 Å². The number of fused-ring (bicyclic) bond motifs is 1. The second kappa shape index (κ2) is 7.11. The summed E-state index contributed by atoms with van der Waals surface area (Å²) in [5.74, 6) is 0. The molecule has 0 aliphatic carbocycles. The Bertz CT molecular complexity index is 574. The first-order valence-corrected chi connectivity index (χ1v) is 8.91. The zero-order valence-corrected chi connectivity index (χ0v) is 15.0. The Labute approximate surface area is 145 Å². The van der Waals surface area contributed by atoms with Gasteiger partial charge in [0, 0.05) is 45.3 Å². The van der Waals surface area contributed by atoms with E-state index in [9.17, 15) is 4.79 Å². The Balaban J connectivity index is 1.46. The van der Waals surface area contributed by atoms with Crippen LogP contribution in [0.2, 0.25) is 0 Å². The van der Waals surface area contributed by atoms with Crippen molar-refractivity contribution in [3.8, 4) is 0 Å². The molecule has 0 spiro atoms. The quantitative estimate of drug-likeness (QED) is 0.903. The van der Waals surface area contributed by atoms with Crippen LogP contribution in [0.15, 0.2) is 24.3 Å². The van der Waals surface area contributed by atoms with Gasteiger partial charge in [0.15, 0.2) is 0 Å². The van der Waals surface area contributed by atoms with E-state index >= 15 is 0 Å². The number of carbonyl (C=O) groups is 1. The lowest BCUT2D eigenvalue weighted by atomic mass is 9.95. The van der Waals surface area contributed by atoms with Gasteiger partial charge in [-0.25, -0.2) is 4.79 Å². The van der Waals surface area contributed by atoms with Crippen LogP contribution in [0.4, 0.5) is 4.79 Å². The zero-order valence-electron chi connectivity index (χ0n) is 15.0. The molecule has 0 aromatic heterocycles. The summed E-state index contributed by atoms with van der Waals surface area (Å²) in [4.78, 5) is 16.4. The maximum Gasteiger partial charge on any atom is 0.410 e. The molecule has 1 N–H and O–H groups in total. The first-order chi connectivity index (χ1) is 11.4. The summed E-state index contributed by atoms with van der Waals surface area (Å²) in [5.41, 5.74) is 2.46. The van der Waals surface area contributed by atoms with Gasteiger partial charge in [-0.1, -0.05) is 24.3 Å². The highest BCUT2D eigenvalue weighted by Gasteiger charge is 2.27. The number of piperazine rings is 1. The topological polar surface area (TPSA) is 44.8 Å². The van der Waals surface area contributed by atoms with Crippen molar-refractivity contribution in [1.29, 1.82) is 0 Å². The standard InChI is InChI=1S/C19H29N3O2/c1-19(2,3)24-18(23)22-10-8-21(9-11-22)14-17-12-15-6-4-5-7-16(15)13-20-17/h4-7,17,20H,8-14H2,1-3H3/t17-/m0/s1. The van der Waals surface area contributed by atoms with Crippen LogP contribution in [0.1, 0.15) is 31.9 Å². The van der Waals surface area contributed by atoms with Crippen molar-refractivity contribution in [1.82, 2.24) is 15.1 Å². The minimum Gasteiger partial charge on any atom is -0.444 e. The number of amides is 1. The summed E-state index contributed by atoms with van der Waals surface area (Å²) >= 11 is 0. The lowest BCUT2D eigenvalue weighted by Crippen LogP contribution is -2.53. The fourth-order valence-corrected chi connectivity index (χ4v) is 3.40. The molecule has 1 aromatic rings. The number of ether oxygens (including phenoxy) is 1. The summed E-state index contributed by atoms with van der Waals surface area (Å²) in [6.45, 7) is 11.1. The average molecular weight is 331 g/mol. The molecular weight excluding hydrogens is 302 g/mol. The molecule has 0 radical (unpaired) electrons. The predicted octanol–water partition coefficient (Wildman–Crippen LogP) is 2.25. The highest BCUT2D eigenvalue weighted by Crippen LogP contribution is 2.17. The lowest BCUT2D eigenvalue weighted by molar-refractivity contribution is 0.0138. The molecular formula is C19H29N3O2. The summed E-state index contributed by atoms with van der Waals surface area (Å²) in [7, 11) is 0. The lowest BCUT2D eigenvalue weighted by Gasteiger charge is -2.38. The normalized spacial score (nSPS) is 22.1. The number of nitrogens with zero attached hydrogens (tertiary/aromatic N) is 2. The van der Waals surface area contributed by atoms with Crippen LogP contribution in [-0.2, 0) is 17.7 Å². The van der Waals surface area contributed by atoms with Crippen LogP contribution in [0.5, 0.6) is 0 Å². The molecule has 5 nitrogen and oxygen atoms in total. The van der Waals surface area contributed by atoms with Gasteiger partial charge in [0.05, 0.1) is 0 Å². The SMILES string of the molecule is CC(C)(C)OC(=O)N1CCN(C[C@@H]2Cc3ccccc3CN2)CC1. The second-order valence-electron chi connectivity index (χ2n) is 7.82. The third-order valence-corrected chi connectivity index (χ3v) is 4.67. The van der Waals surface area contributed by atoms with Crippen molar-refractivity contribution in [2.24, 2.45) is 0 Å². The summed E-state index contributed by atoms with van der Waals surface area (Å²) in [6, 6.07) is 9.17. The van der Waals surface area contributed by atoms with Gasteiger partial charge in [-0.2, -0.15) is 0 Å². The fraction of sp³-hybridized carbons (Fsp3) is 0.632. The van der Waals surface area contributed by atoms with E-state index in [4.69, 9.17) is 4.74 Å². The maximum absolute atomic E-state index is 12.1. The van der Waals surface area contributed by atoms with Crippen LogP contribution in [0.3, 0.4) is 0 Å². The van der Waals surface area contributed by atoms with E-state index in [2.05, 4.69) is 34.5 Å². The molecule has 0 unspecified atom stereocenters. The van der Waals surface area contributed by atoms with Gasteiger partial charge in [0.1, 0.15) is 5.60 Å². The molecule has 2 heterocycles. The molecule has 1 saturated heterocycles. The smallest absolute Gasteiger partial charge is 0.410 e. The summed E-state index contributed by atoms with van der Waals surface area (Å²) < 4.78 is 5.46. The molecule has 2 aliphatic rings. The Hall–Kier alpha value is -1.59. The predicted molar refractivity (Wildman–Crippen MR) is 95.0 cm³/mol. The molecule has 1 atom stereocenters. The van der Waals surface area contributed by atoms with Gasteiger partial charge in [0.2, 0.25) is 0 Å². The van der Waals surface area contributed by atoms with Crippen LogP contribution in [-0.4, -0.2) is 60.3 Å². The van der Waals surface area contributed by atoms with E-state index in [0.29, 0.717) is 6.04 Å². The van der Waals surface area contributed by atoms with E-state index < -0.39 is 5.60 Å². The first kappa shape index (κ1) is 17.2. The molecule has 1 aromatic carbocycles. The molecule has 132 valence electrons. The van der Waals surface area contributed by atoms with Crippen molar-refractivity contribution in [3.63, 3.8) is 0 Å². The van der Waals surface area contributed by atoms with E-state index in [1.165, 1.54) is 11.1 Å². The van der Waals surface area contributed by atoms with Crippen molar-refractivity contribution < 1.29 is 9.53 Å². The van der Waals surface area contributed by atoms with Crippen LogP contribution in [0.25, 0.3) is 0 Å². The first-order valence-electron chi connectivity index (χ1n) is 8.91. The Morgan fingerprint density at radius 3 is 2.50 bits per heavy atom. The summed E-state index contributed by atoms with van der Waals surface area (Å²) in [5, 5.41) is 3.64. The maximum atomic E-state index is 12.1. The Morgan fingerprint density at radius 1 is 1.17 bits per heavy atom. The summed E-state index contributed by atoms with van der Waals surface area (Å²) in [6.07, 6.45) is 0.898. The number of hydrogen-bond donors (Lipinski definition) is 1. The van der Waals surface area contributed by atoms with Crippen molar-refractivity contribution in [2.45, 2.75) is 45.4 Å². The largest absolute Gasteiger partial charge is 0.444 e. The minimum absolute atomic E-state index is 0.188. The van der Waals surface area contributed by atoms with E-state index in [1.807, 2.05) is 25.7 Å². The van der Waals surface area contributed by atoms with Crippen molar-refractivity contribution in [3.05, 3.63) is 35.4 Å². The van der Waals surface area contributed by atoms with Gasteiger partial charge >= 0.3 is 6.09 Å². The van der Waals surface area contributed by atoms with Crippen LogP contribution in [0, 0.1) is 0 Å². The molecule has 1 fully saturated rings. The van der Waals surface area contributed by atoms with Gasteiger partial charge in [-0.05, 0) is 38.3 Å². The molecule has 2 aliphatic heterocycles. The minimum atomic E-state index is -0.423. The van der Waals surface area contributed by atoms with Gasteiger partial charge in [-0.3, -0.25) is 4.90 Å². The number of rotatable bonds is 2. The third kappa shape index (κ3) is 4.48. The van der Waals surface area contributed by atoms with E-state index in [-0.39, 0.29) is 6.09 Å². The van der Waals surface area contributed by atoms with Gasteiger partial charge in [0.25, 0.3) is 0 Å². The fourth-order valence-electron chi connectivity index (χ4n) is 3.40. The molecule has 0 saturated carbocycles. The average Bonchev–Trinajstić information content (AvgIpc) is 2.54. The van der Waals surface area contributed by atoms with E-state index in [0.717, 1.165) is 45.7 Å². The van der Waals surface area contributed by atoms with Gasteiger partial charge in [-0.15, -0.1) is 0 Å². The van der Waals surface area contributed by atoms with Gasteiger partial charge < -0.3 is 15.0 Å². The monoisotopic (exact) mass is 331 g/mol. The Kier molecular flexibility index (Phi) is 5.11. The number of carbonyl (C=O) groups excluding carboxylic acids is 1. The van der Waals surface area contributed by atoms with Crippen LogP contribution >= 0.6 is 0 Å².